The SMILES string of the molecule is O=[N+]([O-])c1cn2c(n1)OC(COc1ccc(N3CCn4c(nnc4C(F)(F)F)C3)cc1)CC2. The van der Waals surface area contributed by atoms with Gasteiger partial charge in [-0.1, -0.05) is 0 Å². The van der Waals surface area contributed by atoms with Crippen molar-refractivity contribution < 1.29 is 27.6 Å². The zero-order valence-electron chi connectivity index (χ0n) is 17.1. The van der Waals surface area contributed by atoms with Crippen LogP contribution >= 0.6 is 0 Å². The van der Waals surface area contributed by atoms with Gasteiger partial charge in [0.05, 0.1) is 6.54 Å². The second-order valence-corrected chi connectivity index (χ2v) is 7.68. The molecular weight excluding hydrogens is 447 g/mol. The van der Waals surface area contributed by atoms with E-state index in [4.69, 9.17) is 9.47 Å². The number of nitrogens with zero attached hydrogens (tertiary/aromatic N) is 7. The molecule has 2 aliphatic rings. The summed E-state index contributed by atoms with van der Waals surface area (Å²) in [4.78, 5) is 16.1. The number of aromatic nitrogens is 5. The van der Waals surface area contributed by atoms with Crippen LogP contribution in [0.1, 0.15) is 18.1 Å². The van der Waals surface area contributed by atoms with Crippen LogP contribution in [0.5, 0.6) is 11.8 Å². The van der Waals surface area contributed by atoms with E-state index in [0.29, 0.717) is 25.3 Å². The quantitative estimate of drug-likeness (QED) is 0.418. The molecule has 1 atom stereocenters. The Kier molecular flexibility index (Phi) is 5.06. The molecule has 0 bridgehead atoms. The first-order valence-electron chi connectivity index (χ1n) is 10.1. The first-order chi connectivity index (χ1) is 15.8. The van der Waals surface area contributed by atoms with Gasteiger partial charge in [0.25, 0.3) is 0 Å². The van der Waals surface area contributed by atoms with Crippen LogP contribution < -0.4 is 14.4 Å². The van der Waals surface area contributed by atoms with Gasteiger partial charge in [0.15, 0.2) is 5.82 Å². The van der Waals surface area contributed by atoms with E-state index < -0.39 is 16.9 Å². The van der Waals surface area contributed by atoms with Crippen molar-refractivity contribution in [1.82, 2.24) is 24.3 Å². The van der Waals surface area contributed by atoms with E-state index in [1.54, 1.807) is 16.7 Å². The van der Waals surface area contributed by atoms with E-state index >= 15 is 0 Å². The summed E-state index contributed by atoms with van der Waals surface area (Å²) in [6.07, 6.45) is -2.86. The summed E-state index contributed by atoms with van der Waals surface area (Å²) in [7, 11) is 0. The zero-order valence-corrected chi connectivity index (χ0v) is 17.1. The summed E-state index contributed by atoms with van der Waals surface area (Å²) in [6, 6.07) is 7.38. The molecule has 2 aromatic heterocycles. The summed E-state index contributed by atoms with van der Waals surface area (Å²) in [5, 5.41) is 17.8. The fraction of sp³-hybridized carbons (Fsp3) is 0.421. The van der Waals surface area contributed by atoms with Gasteiger partial charge in [0, 0.05) is 36.7 Å². The van der Waals surface area contributed by atoms with Crippen molar-refractivity contribution >= 4 is 11.5 Å². The number of hydrogen-bond donors (Lipinski definition) is 0. The highest BCUT2D eigenvalue weighted by Crippen LogP contribution is 2.31. The van der Waals surface area contributed by atoms with Crippen LogP contribution in [0.2, 0.25) is 0 Å². The highest BCUT2D eigenvalue weighted by molar-refractivity contribution is 5.49. The van der Waals surface area contributed by atoms with E-state index in [2.05, 4.69) is 15.2 Å². The van der Waals surface area contributed by atoms with Gasteiger partial charge in [-0.15, -0.1) is 10.2 Å². The van der Waals surface area contributed by atoms with Crippen molar-refractivity contribution in [2.24, 2.45) is 0 Å². The van der Waals surface area contributed by atoms with Crippen LogP contribution in [0.15, 0.2) is 30.5 Å². The van der Waals surface area contributed by atoms with Crippen LogP contribution in [0.4, 0.5) is 24.7 Å². The summed E-state index contributed by atoms with van der Waals surface area (Å²) >= 11 is 0. The second kappa shape index (κ2) is 7.94. The maximum Gasteiger partial charge on any atom is 0.451 e. The molecule has 33 heavy (non-hydrogen) atoms. The number of nitro groups is 1. The molecule has 174 valence electrons. The van der Waals surface area contributed by atoms with Gasteiger partial charge in [-0.3, -0.25) is 4.57 Å². The van der Waals surface area contributed by atoms with Gasteiger partial charge in [0.2, 0.25) is 5.82 Å². The number of fused-ring (bicyclic) bond motifs is 2. The molecule has 0 saturated heterocycles. The number of benzene rings is 1. The molecular formula is C19H18F3N7O4. The number of aryl methyl sites for hydroxylation is 1. The lowest BCUT2D eigenvalue weighted by atomic mass is 10.2. The molecule has 14 heteroatoms. The standard InChI is InChI=1S/C19H18F3N7O4/c20-19(21,22)17-25-24-16-10-26(7-8-28(16)17)12-1-3-13(4-2-12)32-11-14-5-6-27-9-15(29(30)31)23-18(27)33-14/h1-4,9,14H,5-8,10-11H2. The zero-order chi connectivity index (χ0) is 23.2. The van der Waals surface area contributed by atoms with Crippen LogP contribution in [0.25, 0.3) is 0 Å². The topological polar surface area (TPSA) is 113 Å². The molecule has 3 aromatic rings. The number of alkyl halides is 3. The summed E-state index contributed by atoms with van der Waals surface area (Å²) < 4.78 is 53.2. The van der Waals surface area contributed by atoms with E-state index in [-0.39, 0.29) is 43.5 Å². The van der Waals surface area contributed by atoms with E-state index in [1.807, 2.05) is 17.0 Å². The number of halogens is 3. The molecule has 1 aromatic carbocycles. The predicted molar refractivity (Wildman–Crippen MR) is 106 cm³/mol. The molecule has 1 unspecified atom stereocenters. The lowest BCUT2D eigenvalue weighted by molar-refractivity contribution is -0.389. The Morgan fingerprint density at radius 2 is 1.97 bits per heavy atom. The number of anilines is 1. The Morgan fingerprint density at radius 3 is 2.70 bits per heavy atom. The van der Waals surface area contributed by atoms with Gasteiger partial charge in [-0.05, 0) is 29.2 Å². The Hall–Kier alpha value is -3.84. The van der Waals surface area contributed by atoms with Crippen LogP contribution in [0, 0.1) is 10.1 Å². The minimum absolute atomic E-state index is 0.141. The molecule has 2 aliphatic heterocycles. The van der Waals surface area contributed by atoms with Crippen molar-refractivity contribution in [3.8, 4) is 11.8 Å². The van der Waals surface area contributed by atoms with Gasteiger partial charge >= 0.3 is 18.0 Å². The van der Waals surface area contributed by atoms with Gasteiger partial charge in [-0.25, -0.2) is 0 Å². The molecule has 0 radical (unpaired) electrons. The molecule has 0 spiro atoms. The summed E-state index contributed by atoms with van der Waals surface area (Å²) in [6.45, 7) is 1.54. The van der Waals surface area contributed by atoms with Crippen LogP contribution in [-0.4, -0.2) is 48.5 Å². The van der Waals surface area contributed by atoms with Crippen LogP contribution in [-0.2, 0) is 25.8 Å². The van der Waals surface area contributed by atoms with Gasteiger partial charge < -0.3 is 29.1 Å². The maximum absolute atomic E-state index is 13.0. The summed E-state index contributed by atoms with van der Waals surface area (Å²) in [5.41, 5.74) is 0.827. The Bertz CT molecular complexity index is 1180. The molecule has 11 nitrogen and oxygen atoms in total. The van der Waals surface area contributed by atoms with E-state index in [0.717, 1.165) is 10.3 Å². The third-order valence-electron chi connectivity index (χ3n) is 5.52. The molecule has 0 N–H and O–H groups in total. The minimum atomic E-state index is -4.53. The first-order valence-corrected chi connectivity index (χ1v) is 10.1. The molecule has 0 fully saturated rings. The average molecular weight is 465 g/mol. The highest BCUT2D eigenvalue weighted by Gasteiger charge is 2.39. The highest BCUT2D eigenvalue weighted by atomic mass is 19.4. The normalized spacial score (nSPS) is 17.8. The van der Waals surface area contributed by atoms with Gasteiger partial charge in [0.1, 0.15) is 24.7 Å². The second-order valence-electron chi connectivity index (χ2n) is 7.68. The molecule has 4 heterocycles. The van der Waals surface area contributed by atoms with Crippen molar-refractivity contribution in [2.45, 2.75) is 38.3 Å². The Labute approximate surface area is 184 Å². The first kappa shape index (κ1) is 21.0. The van der Waals surface area contributed by atoms with Crippen molar-refractivity contribution in [3.63, 3.8) is 0 Å². The third-order valence-corrected chi connectivity index (χ3v) is 5.52. The summed E-state index contributed by atoms with van der Waals surface area (Å²) in [5.74, 6) is -0.362. The molecule has 5 rings (SSSR count). The maximum atomic E-state index is 13.0. The van der Waals surface area contributed by atoms with Crippen molar-refractivity contribution in [1.29, 1.82) is 0 Å². The fourth-order valence-electron chi connectivity index (χ4n) is 3.87. The largest absolute Gasteiger partial charge is 0.490 e. The Balaban J connectivity index is 1.18. The van der Waals surface area contributed by atoms with Gasteiger partial charge in [-0.2, -0.15) is 13.2 Å². The predicted octanol–water partition coefficient (Wildman–Crippen LogP) is 2.65. The van der Waals surface area contributed by atoms with E-state index in [1.165, 1.54) is 6.20 Å². The van der Waals surface area contributed by atoms with Crippen molar-refractivity contribution in [3.05, 3.63) is 52.2 Å². The molecule has 0 aliphatic carbocycles. The molecule has 0 amide bonds. The molecule has 0 saturated carbocycles. The number of hydrogen-bond acceptors (Lipinski definition) is 8. The monoisotopic (exact) mass is 465 g/mol. The number of ether oxygens (including phenoxy) is 2. The number of imidazole rings is 1. The lowest BCUT2D eigenvalue weighted by Crippen LogP contribution is -2.35. The minimum Gasteiger partial charge on any atom is -0.490 e. The van der Waals surface area contributed by atoms with Crippen LogP contribution in [0.3, 0.4) is 0 Å². The smallest absolute Gasteiger partial charge is 0.451 e. The average Bonchev–Trinajstić information content (AvgIpc) is 3.41. The van der Waals surface area contributed by atoms with Crippen molar-refractivity contribution in [2.75, 3.05) is 18.1 Å². The fourth-order valence-corrected chi connectivity index (χ4v) is 3.87. The Morgan fingerprint density at radius 1 is 1.18 bits per heavy atom. The lowest BCUT2D eigenvalue weighted by Gasteiger charge is -2.30. The number of rotatable bonds is 5. The van der Waals surface area contributed by atoms with E-state index in [9.17, 15) is 23.3 Å². The third kappa shape index (κ3) is 4.15.